The first-order valence-corrected chi connectivity index (χ1v) is 9.27. The quantitative estimate of drug-likeness (QED) is 0.448. The average Bonchev–Trinajstić information content (AvgIpc) is 2.78. The fraction of sp³-hybridized carbons (Fsp3) is 0.692. The molecule has 1 aromatic rings. The highest BCUT2D eigenvalue weighted by molar-refractivity contribution is 8.13. The van der Waals surface area contributed by atoms with E-state index in [1.165, 1.54) is 0 Å². The standard InChI is InChI=1S/C13H21ClN2O4S/c1-4-6-10-12(21(14,18)19)11(16-15-10)13(17)20-8-5-7-9(2)3/h9H,4-8H2,1-3H3,(H,15,16). The second-order valence-corrected chi connectivity index (χ2v) is 7.74. The zero-order valence-electron chi connectivity index (χ0n) is 12.5. The molecule has 0 saturated heterocycles. The van der Waals surface area contributed by atoms with Gasteiger partial charge in [-0.15, -0.1) is 0 Å². The summed E-state index contributed by atoms with van der Waals surface area (Å²) in [6.07, 6.45) is 2.79. The highest BCUT2D eigenvalue weighted by Crippen LogP contribution is 2.24. The Kier molecular flexibility index (Phi) is 6.67. The van der Waals surface area contributed by atoms with E-state index < -0.39 is 15.0 Å². The molecule has 21 heavy (non-hydrogen) atoms. The second-order valence-electron chi connectivity index (χ2n) is 5.24. The number of aryl methyl sites for hydroxylation is 1. The van der Waals surface area contributed by atoms with Gasteiger partial charge in [0, 0.05) is 10.7 Å². The van der Waals surface area contributed by atoms with Crippen LogP contribution in [0.5, 0.6) is 0 Å². The number of nitrogens with one attached hydrogen (secondary N) is 1. The maximum atomic E-state index is 11.9. The molecule has 0 aromatic carbocycles. The number of carbonyl (C=O) groups excluding carboxylic acids is 1. The lowest BCUT2D eigenvalue weighted by atomic mass is 10.1. The third-order valence-corrected chi connectivity index (χ3v) is 4.28. The van der Waals surface area contributed by atoms with E-state index in [1.54, 1.807) is 0 Å². The molecule has 6 nitrogen and oxygen atoms in total. The molecule has 0 spiro atoms. The molecule has 0 amide bonds. The molecule has 0 saturated carbocycles. The van der Waals surface area contributed by atoms with Crippen LogP contribution in [0.15, 0.2) is 4.90 Å². The normalized spacial score (nSPS) is 11.9. The van der Waals surface area contributed by atoms with Gasteiger partial charge in [-0.1, -0.05) is 27.2 Å². The van der Waals surface area contributed by atoms with Crippen LogP contribution in [-0.2, 0) is 20.2 Å². The van der Waals surface area contributed by atoms with E-state index in [9.17, 15) is 13.2 Å². The van der Waals surface area contributed by atoms with E-state index in [2.05, 4.69) is 24.0 Å². The second kappa shape index (κ2) is 7.79. The van der Waals surface area contributed by atoms with Gasteiger partial charge >= 0.3 is 5.97 Å². The third-order valence-electron chi connectivity index (χ3n) is 2.89. The lowest BCUT2D eigenvalue weighted by molar-refractivity contribution is 0.0483. The smallest absolute Gasteiger partial charge is 0.360 e. The average molecular weight is 337 g/mol. The van der Waals surface area contributed by atoms with Gasteiger partial charge in [0.2, 0.25) is 0 Å². The van der Waals surface area contributed by atoms with E-state index in [-0.39, 0.29) is 17.2 Å². The maximum absolute atomic E-state index is 11.9. The van der Waals surface area contributed by atoms with E-state index >= 15 is 0 Å². The lowest BCUT2D eigenvalue weighted by Gasteiger charge is -2.06. The van der Waals surface area contributed by atoms with Crippen LogP contribution in [0.1, 0.15) is 56.2 Å². The summed E-state index contributed by atoms with van der Waals surface area (Å²) in [6, 6.07) is 0. The highest BCUT2D eigenvalue weighted by atomic mass is 35.7. The third kappa shape index (κ3) is 5.32. The number of nitrogens with zero attached hydrogens (tertiary/aromatic N) is 1. The first-order chi connectivity index (χ1) is 9.77. The Morgan fingerprint density at radius 2 is 2.10 bits per heavy atom. The van der Waals surface area contributed by atoms with Crippen LogP contribution in [0.3, 0.4) is 0 Å². The molecule has 0 aliphatic rings. The van der Waals surface area contributed by atoms with Crippen LogP contribution >= 0.6 is 10.7 Å². The molecule has 8 heteroatoms. The summed E-state index contributed by atoms with van der Waals surface area (Å²) >= 11 is 0. The number of H-pyrrole nitrogens is 1. The summed E-state index contributed by atoms with van der Waals surface area (Å²) in [6.45, 7) is 6.26. The first kappa shape index (κ1) is 18.0. The molecule has 1 aromatic heterocycles. The van der Waals surface area contributed by atoms with E-state index in [0.717, 1.165) is 12.8 Å². The summed E-state index contributed by atoms with van der Waals surface area (Å²) in [7, 11) is 1.34. The van der Waals surface area contributed by atoms with Gasteiger partial charge in [0.05, 0.1) is 12.3 Å². The largest absolute Gasteiger partial charge is 0.461 e. The van der Waals surface area contributed by atoms with Crippen LogP contribution < -0.4 is 0 Å². The van der Waals surface area contributed by atoms with Crippen molar-refractivity contribution >= 4 is 25.7 Å². The van der Waals surface area contributed by atoms with Crippen LogP contribution in [0.25, 0.3) is 0 Å². The monoisotopic (exact) mass is 336 g/mol. The molecule has 0 radical (unpaired) electrons. The molecule has 0 aliphatic heterocycles. The van der Waals surface area contributed by atoms with Gasteiger partial charge in [-0.05, 0) is 25.2 Å². The van der Waals surface area contributed by atoms with E-state index in [4.69, 9.17) is 15.4 Å². The van der Waals surface area contributed by atoms with Crippen molar-refractivity contribution in [2.24, 2.45) is 5.92 Å². The number of rotatable bonds is 8. The Labute approximate surface area is 129 Å². The lowest BCUT2D eigenvalue weighted by Crippen LogP contribution is -2.11. The number of esters is 1. The Hall–Kier alpha value is -1.08. The minimum Gasteiger partial charge on any atom is -0.461 e. The minimum absolute atomic E-state index is 0.231. The Morgan fingerprint density at radius 1 is 1.43 bits per heavy atom. The number of ether oxygens (including phenoxy) is 1. The molecule has 0 fully saturated rings. The van der Waals surface area contributed by atoms with Gasteiger partial charge in [0.15, 0.2) is 5.69 Å². The zero-order valence-corrected chi connectivity index (χ0v) is 14.1. The number of hydrogen-bond donors (Lipinski definition) is 1. The van der Waals surface area contributed by atoms with Gasteiger partial charge in [-0.2, -0.15) is 5.10 Å². The van der Waals surface area contributed by atoms with Crippen LogP contribution in [0, 0.1) is 5.92 Å². The summed E-state index contributed by atoms with van der Waals surface area (Å²) in [5, 5.41) is 6.31. The van der Waals surface area contributed by atoms with E-state index in [1.807, 2.05) is 6.92 Å². The summed E-state index contributed by atoms with van der Waals surface area (Å²) in [5.41, 5.74) is 0.0691. The van der Waals surface area contributed by atoms with Gasteiger partial charge in [-0.3, -0.25) is 5.10 Å². The molecule has 0 atom stereocenters. The minimum atomic E-state index is -4.05. The Morgan fingerprint density at radius 3 is 2.62 bits per heavy atom. The number of halogens is 1. The number of aromatic nitrogens is 2. The van der Waals surface area contributed by atoms with Gasteiger partial charge in [0.25, 0.3) is 9.05 Å². The fourth-order valence-corrected chi connectivity index (χ4v) is 3.21. The van der Waals surface area contributed by atoms with Crippen LogP contribution in [0.4, 0.5) is 0 Å². The van der Waals surface area contributed by atoms with Gasteiger partial charge in [-0.25, -0.2) is 13.2 Å². The first-order valence-electron chi connectivity index (χ1n) is 6.96. The predicted octanol–water partition coefficient (Wildman–Crippen LogP) is 2.88. The van der Waals surface area contributed by atoms with Crippen molar-refractivity contribution in [3.63, 3.8) is 0 Å². The molecular formula is C13H21ClN2O4S. The molecular weight excluding hydrogens is 316 g/mol. The molecule has 1 rings (SSSR count). The Balaban J connectivity index is 2.85. The molecule has 0 aliphatic carbocycles. The summed E-state index contributed by atoms with van der Waals surface area (Å²) < 4.78 is 28.3. The topological polar surface area (TPSA) is 89.1 Å². The van der Waals surface area contributed by atoms with Crippen molar-refractivity contribution in [3.05, 3.63) is 11.4 Å². The van der Waals surface area contributed by atoms with Crippen molar-refractivity contribution in [2.75, 3.05) is 6.61 Å². The van der Waals surface area contributed by atoms with Crippen LogP contribution in [-0.4, -0.2) is 31.2 Å². The molecule has 0 unspecified atom stereocenters. The molecule has 120 valence electrons. The summed E-state index contributed by atoms with van der Waals surface area (Å²) in [5.74, 6) is -0.249. The van der Waals surface area contributed by atoms with Crippen molar-refractivity contribution in [2.45, 2.75) is 51.3 Å². The highest BCUT2D eigenvalue weighted by Gasteiger charge is 2.29. The number of carbonyl (C=O) groups is 1. The molecule has 1 N–H and O–H groups in total. The zero-order chi connectivity index (χ0) is 16.0. The van der Waals surface area contributed by atoms with Crippen molar-refractivity contribution in [1.29, 1.82) is 0 Å². The van der Waals surface area contributed by atoms with Gasteiger partial charge < -0.3 is 4.74 Å². The van der Waals surface area contributed by atoms with Crippen molar-refractivity contribution in [1.82, 2.24) is 10.2 Å². The maximum Gasteiger partial charge on any atom is 0.360 e. The molecule has 0 bridgehead atoms. The summed E-state index contributed by atoms with van der Waals surface area (Å²) in [4.78, 5) is 11.7. The number of aromatic amines is 1. The molecule has 1 heterocycles. The SMILES string of the molecule is CCCc1[nH]nc(C(=O)OCCCC(C)C)c1S(=O)(=O)Cl. The van der Waals surface area contributed by atoms with E-state index in [0.29, 0.717) is 24.5 Å². The predicted molar refractivity (Wildman–Crippen MR) is 80.0 cm³/mol. The van der Waals surface area contributed by atoms with Crippen LogP contribution in [0.2, 0.25) is 0 Å². The van der Waals surface area contributed by atoms with Crippen molar-refractivity contribution in [3.8, 4) is 0 Å². The Bertz CT molecular complexity index is 581. The fourth-order valence-electron chi connectivity index (χ4n) is 1.91. The van der Waals surface area contributed by atoms with Gasteiger partial charge in [0.1, 0.15) is 4.90 Å². The number of hydrogen-bond acceptors (Lipinski definition) is 5. The van der Waals surface area contributed by atoms with Crippen molar-refractivity contribution < 1.29 is 17.9 Å².